The fourth-order valence-electron chi connectivity index (χ4n) is 2.50. The van der Waals surface area contributed by atoms with E-state index in [4.69, 9.17) is 21.7 Å². The topological polar surface area (TPSA) is 114 Å². The van der Waals surface area contributed by atoms with Gasteiger partial charge in [0.05, 0.1) is 9.83 Å². The first-order valence-corrected chi connectivity index (χ1v) is 8.81. The number of carbonyl (C=O) groups is 2. The Kier molecular flexibility index (Phi) is 5.10. The van der Waals surface area contributed by atoms with Crippen molar-refractivity contribution >= 4 is 51.9 Å². The maximum Gasteiger partial charge on any atom is 0.323 e. The molecule has 0 saturated carbocycles. The number of rotatable bonds is 5. The lowest BCUT2D eigenvalue weighted by Gasteiger charge is -2.09. The molecule has 2 heterocycles. The second kappa shape index (κ2) is 7.33. The van der Waals surface area contributed by atoms with Crippen molar-refractivity contribution in [3.8, 4) is 11.3 Å². The molecular weight excluding hydrogens is 392 g/mol. The number of carboxylic acid groups (broad SMARTS) is 1. The minimum absolute atomic E-state index is 0.0210. The number of carboxylic acids is 1. The molecule has 8 nitrogen and oxygen atoms in total. The van der Waals surface area contributed by atoms with Crippen LogP contribution in [0, 0.1) is 17.0 Å². The summed E-state index contributed by atoms with van der Waals surface area (Å²) in [5.41, 5.74) is 1.19. The zero-order valence-electron chi connectivity index (χ0n) is 13.9. The Hall–Kier alpha value is -2.98. The Morgan fingerprint density at radius 1 is 1.41 bits per heavy atom. The van der Waals surface area contributed by atoms with Crippen LogP contribution in [0.4, 0.5) is 5.69 Å². The van der Waals surface area contributed by atoms with Crippen molar-refractivity contribution in [1.29, 1.82) is 0 Å². The summed E-state index contributed by atoms with van der Waals surface area (Å²) < 4.78 is 5.87. The van der Waals surface area contributed by atoms with E-state index in [0.29, 0.717) is 22.6 Å². The van der Waals surface area contributed by atoms with E-state index in [-0.39, 0.29) is 14.9 Å². The number of amides is 1. The molecule has 0 unspecified atom stereocenters. The van der Waals surface area contributed by atoms with Gasteiger partial charge in [-0.3, -0.25) is 24.6 Å². The van der Waals surface area contributed by atoms with E-state index in [1.54, 1.807) is 31.2 Å². The van der Waals surface area contributed by atoms with Crippen LogP contribution in [0.15, 0.2) is 39.7 Å². The van der Waals surface area contributed by atoms with E-state index in [2.05, 4.69) is 0 Å². The van der Waals surface area contributed by atoms with Crippen LogP contribution in [0.25, 0.3) is 17.4 Å². The summed E-state index contributed by atoms with van der Waals surface area (Å²) in [5.74, 6) is -0.769. The smallest absolute Gasteiger partial charge is 0.323 e. The first-order chi connectivity index (χ1) is 12.8. The molecule has 1 fully saturated rings. The molecule has 27 heavy (non-hydrogen) atoms. The standard InChI is InChI=1S/C17H12N2O6S2/c1-9-6-10(2-4-12(9)19(23)24)13-5-3-11(25-13)7-14-16(22)18(8-15(20)21)17(26)27-14/h2-7H,8H2,1H3,(H,20,21)/b14-7-. The molecule has 138 valence electrons. The molecular formula is C17H12N2O6S2. The number of thioether (sulfide) groups is 1. The van der Waals surface area contributed by atoms with Gasteiger partial charge in [-0.05, 0) is 31.2 Å². The number of nitrogens with zero attached hydrogens (tertiary/aromatic N) is 2. The predicted octanol–water partition coefficient (Wildman–Crippen LogP) is 3.45. The molecule has 1 saturated heterocycles. The van der Waals surface area contributed by atoms with Gasteiger partial charge in [-0.15, -0.1) is 0 Å². The third-order valence-electron chi connectivity index (χ3n) is 3.75. The summed E-state index contributed by atoms with van der Waals surface area (Å²) in [6.07, 6.45) is 1.49. The van der Waals surface area contributed by atoms with E-state index < -0.39 is 23.3 Å². The molecule has 1 aliphatic heterocycles. The fourth-order valence-corrected chi connectivity index (χ4v) is 3.74. The van der Waals surface area contributed by atoms with Crippen LogP contribution >= 0.6 is 24.0 Å². The summed E-state index contributed by atoms with van der Waals surface area (Å²) in [6.45, 7) is 1.15. The van der Waals surface area contributed by atoms with Crippen LogP contribution in [0.1, 0.15) is 11.3 Å². The number of furan rings is 1. The first-order valence-electron chi connectivity index (χ1n) is 7.58. The molecule has 1 aromatic carbocycles. The average Bonchev–Trinajstić information content (AvgIpc) is 3.15. The molecule has 0 radical (unpaired) electrons. The van der Waals surface area contributed by atoms with Gasteiger partial charge in [-0.1, -0.05) is 24.0 Å². The highest BCUT2D eigenvalue weighted by Gasteiger charge is 2.33. The molecule has 1 amide bonds. The highest BCUT2D eigenvalue weighted by Crippen LogP contribution is 2.34. The lowest BCUT2D eigenvalue weighted by molar-refractivity contribution is -0.385. The van der Waals surface area contributed by atoms with Gasteiger partial charge in [0.15, 0.2) is 0 Å². The van der Waals surface area contributed by atoms with Gasteiger partial charge in [0.1, 0.15) is 22.4 Å². The van der Waals surface area contributed by atoms with Gasteiger partial charge in [-0.2, -0.15) is 0 Å². The number of carbonyl (C=O) groups excluding carboxylic acids is 1. The number of aryl methyl sites for hydroxylation is 1. The maximum atomic E-state index is 12.3. The zero-order valence-corrected chi connectivity index (χ0v) is 15.5. The van der Waals surface area contributed by atoms with Crippen molar-refractivity contribution in [3.63, 3.8) is 0 Å². The number of hydrogen-bond acceptors (Lipinski definition) is 7. The second-order valence-corrected chi connectivity index (χ2v) is 7.30. The molecule has 1 N–H and O–H groups in total. The normalized spacial score (nSPS) is 15.6. The van der Waals surface area contributed by atoms with E-state index in [9.17, 15) is 19.7 Å². The summed E-state index contributed by atoms with van der Waals surface area (Å²) >= 11 is 6.04. The highest BCUT2D eigenvalue weighted by molar-refractivity contribution is 8.26. The van der Waals surface area contributed by atoms with Gasteiger partial charge in [0, 0.05) is 23.3 Å². The van der Waals surface area contributed by atoms with Crippen molar-refractivity contribution in [2.45, 2.75) is 6.92 Å². The average molecular weight is 404 g/mol. The van der Waals surface area contributed by atoms with E-state index in [1.165, 1.54) is 12.1 Å². The molecule has 1 aliphatic rings. The third kappa shape index (κ3) is 3.91. The second-order valence-electron chi connectivity index (χ2n) is 5.62. The highest BCUT2D eigenvalue weighted by atomic mass is 32.2. The molecule has 0 bridgehead atoms. The number of benzene rings is 1. The Morgan fingerprint density at radius 3 is 2.78 bits per heavy atom. The number of thiocarbonyl (C=S) groups is 1. The maximum absolute atomic E-state index is 12.3. The minimum atomic E-state index is -1.15. The largest absolute Gasteiger partial charge is 0.480 e. The Labute approximate surface area is 162 Å². The van der Waals surface area contributed by atoms with Gasteiger partial charge >= 0.3 is 5.97 Å². The first kappa shape index (κ1) is 18.8. The van der Waals surface area contributed by atoms with Crippen molar-refractivity contribution in [1.82, 2.24) is 4.90 Å². The van der Waals surface area contributed by atoms with Crippen molar-refractivity contribution < 1.29 is 24.0 Å². The monoisotopic (exact) mass is 404 g/mol. The van der Waals surface area contributed by atoms with Crippen LogP contribution in [-0.2, 0) is 9.59 Å². The van der Waals surface area contributed by atoms with Gasteiger partial charge in [-0.25, -0.2) is 0 Å². The van der Waals surface area contributed by atoms with Crippen LogP contribution in [-0.4, -0.2) is 37.7 Å². The molecule has 2 aromatic rings. The van der Waals surface area contributed by atoms with Crippen LogP contribution in [0.3, 0.4) is 0 Å². The van der Waals surface area contributed by atoms with Crippen LogP contribution in [0.2, 0.25) is 0 Å². The molecule has 10 heteroatoms. The predicted molar refractivity (Wildman–Crippen MR) is 103 cm³/mol. The SMILES string of the molecule is Cc1cc(-c2ccc(/C=C3\SC(=S)N(CC(=O)O)C3=O)o2)ccc1[N+](=O)[O-]. The third-order valence-corrected chi connectivity index (χ3v) is 5.12. The number of nitro groups is 1. The lowest BCUT2D eigenvalue weighted by Crippen LogP contribution is -2.33. The van der Waals surface area contributed by atoms with Crippen LogP contribution in [0.5, 0.6) is 0 Å². The van der Waals surface area contributed by atoms with Gasteiger partial charge < -0.3 is 9.52 Å². The summed E-state index contributed by atoms with van der Waals surface area (Å²) in [7, 11) is 0. The molecule has 1 aromatic heterocycles. The number of nitro benzene ring substituents is 1. The quantitative estimate of drug-likeness (QED) is 0.349. The Balaban J connectivity index is 1.84. The summed E-state index contributed by atoms with van der Waals surface area (Å²) in [4.78, 5) is 34.8. The van der Waals surface area contributed by atoms with E-state index in [1.807, 2.05) is 0 Å². The lowest BCUT2D eigenvalue weighted by atomic mass is 10.1. The molecule has 0 spiro atoms. The van der Waals surface area contributed by atoms with Crippen molar-refractivity contribution in [3.05, 3.63) is 56.7 Å². The van der Waals surface area contributed by atoms with E-state index in [0.717, 1.165) is 16.7 Å². The van der Waals surface area contributed by atoms with E-state index >= 15 is 0 Å². The van der Waals surface area contributed by atoms with Crippen LogP contribution < -0.4 is 0 Å². The van der Waals surface area contributed by atoms with Crippen molar-refractivity contribution in [2.24, 2.45) is 0 Å². The fraction of sp³-hybridized carbons (Fsp3) is 0.118. The van der Waals surface area contributed by atoms with Gasteiger partial charge in [0.25, 0.3) is 11.6 Å². The number of hydrogen-bond donors (Lipinski definition) is 1. The number of aliphatic carboxylic acids is 1. The Morgan fingerprint density at radius 2 is 2.15 bits per heavy atom. The zero-order chi connectivity index (χ0) is 19.7. The summed E-state index contributed by atoms with van der Waals surface area (Å²) in [6, 6.07) is 7.97. The van der Waals surface area contributed by atoms with Crippen molar-refractivity contribution in [2.75, 3.05) is 6.54 Å². The molecule has 0 aliphatic carbocycles. The summed E-state index contributed by atoms with van der Waals surface area (Å²) in [5, 5.41) is 19.8. The Bertz CT molecular complexity index is 1010. The molecule has 0 atom stereocenters. The molecule has 3 rings (SSSR count). The minimum Gasteiger partial charge on any atom is -0.480 e. The van der Waals surface area contributed by atoms with Gasteiger partial charge in [0.2, 0.25) is 0 Å².